The number of hydrogen-bond donors (Lipinski definition) is 2. The summed E-state index contributed by atoms with van der Waals surface area (Å²) in [7, 11) is 1.63. The van der Waals surface area contributed by atoms with Crippen molar-refractivity contribution >= 4 is 17.5 Å². The van der Waals surface area contributed by atoms with Gasteiger partial charge >= 0.3 is 0 Å². The van der Waals surface area contributed by atoms with Crippen molar-refractivity contribution in [2.75, 3.05) is 25.6 Å². The molecule has 2 amide bonds. The van der Waals surface area contributed by atoms with Crippen molar-refractivity contribution < 1.29 is 14.3 Å². The van der Waals surface area contributed by atoms with E-state index in [1.807, 2.05) is 13.8 Å². The summed E-state index contributed by atoms with van der Waals surface area (Å²) in [6.07, 6.45) is 0.783. The molecule has 0 radical (unpaired) electrons. The molecule has 0 saturated heterocycles. The van der Waals surface area contributed by atoms with E-state index in [1.54, 1.807) is 31.4 Å². The molecule has 0 aliphatic carbocycles. The van der Waals surface area contributed by atoms with Crippen molar-refractivity contribution in [2.45, 2.75) is 20.3 Å². The van der Waals surface area contributed by atoms with Crippen molar-refractivity contribution in [1.82, 2.24) is 5.32 Å². The van der Waals surface area contributed by atoms with E-state index in [1.165, 1.54) is 0 Å². The molecule has 0 aromatic heterocycles. The number of methoxy groups -OCH3 is 1. The largest absolute Gasteiger partial charge is 0.385 e. The zero-order valence-corrected chi connectivity index (χ0v) is 12.2. The molecule has 0 heterocycles. The number of benzene rings is 1. The molecule has 110 valence electrons. The number of nitrogens with one attached hydrogen (secondary N) is 2. The Morgan fingerprint density at radius 2 is 1.85 bits per heavy atom. The minimum atomic E-state index is -0.122. The predicted octanol–water partition coefficient (Wildman–Crippen LogP) is 2.05. The van der Waals surface area contributed by atoms with Crippen LogP contribution in [0.3, 0.4) is 0 Å². The fourth-order valence-electron chi connectivity index (χ4n) is 1.51. The van der Waals surface area contributed by atoms with Crippen LogP contribution in [0.5, 0.6) is 0 Å². The van der Waals surface area contributed by atoms with Crippen LogP contribution in [0.15, 0.2) is 24.3 Å². The molecule has 1 rings (SSSR count). The number of carbonyl (C=O) groups is 2. The van der Waals surface area contributed by atoms with Gasteiger partial charge in [-0.2, -0.15) is 0 Å². The zero-order valence-electron chi connectivity index (χ0n) is 12.2. The summed E-state index contributed by atoms with van der Waals surface area (Å²) in [6, 6.07) is 6.85. The topological polar surface area (TPSA) is 67.4 Å². The molecule has 0 fully saturated rings. The summed E-state index contributed by atoms with van der Waals surface area (Å²) in [4.78, 5) is 23.3. The number of hydrogen-bond acceptors (Lipinski definition) is 3. The van der Waals surface area contributed by atoms with Crippen LogP contribution in [-0.4, -0.2) is 32.1 Å². The number of anilines is 1. The molecule has 0 spiro atoms. The highest BCUT2D eigenvalue weighted by molar-refractivity contribution is 5.96. The quantitative estimate of drug-likeness (QED) is 0.750. The van der Waals surface area contributed by atoms with E-state index in [4.69, 9.17) is 4.74 Å². The molecular formula is C15H22N2O3. The van der Waals surface area contributed by atoms with Gasteiger partial charge in [0.25, 0.3) is 5.91 Å². The standard InChI is InChI=1S/C15H22N2O3/c1-11(2)14(18)17-13-7-5-12(6-8-13)15(19)16-9-4-10-20-3/h5-8,11H,4,9-10H2,1-3H3,(H,16,19)(H,17,18). The average molecular weight is 278 g/mol. The molecule has 0 atom stereocenters. The van der Waals surface area contributed by atoms with E-state index in [9.17, 15) is 9.59 Å². The predicted molar refractivity (Wildman–Crippen MR) is 78.7 cm³/mol. The lowest BCUT2D eigenvalue weighted by Gasteiger charge is -2.09. The van der Waals surface area contributed by atoms with Gasteiger partial charge in [0.1, 0.15) is 0 Å². The summed E-state index contributed by atoms with van der Waals surface area (Å²) < 4.78 is 4.91. The van der Waals surface area contributed by atoms with Gasteiger partial charge in [-0.3, -0.25) is 9.59 Å². The zero-order chi connectivity index (χ0) is 15.0. The van der Waals surface area contributed by atoms with E-state index < -0.39 is 0 Å². The highest BCUT2D eigenvalue weighted by Gasteiger charge is 2.08. The third kappa shape index (κ3) is 5.40. The summed E-state index contributed by atoms with van der Waals surface area (Å²) >= 11 is 0. The van der Waals surface area contributed by atoms with Gasteiger partial charge in [0.15, 0.2) is 0 Å². The van der Waals surface area contributed by atoms with Crippen LogP contribution in [0.25, 0.3) is 0 Å². The van der Waals surface area contributed by atoms with E-state index in [-0.39, 0.29) is 17.7 Å². The van der Waals surface area contributed by atoms with Crippen molar-refractivity contribution in [3.05, 3.63) is 29.8 Å². The maximum absolute atomic E-state index is 11.8. The van der Waals surface area contributed by atoms with Crippen LogP contribution in [0.2, 0.25) is 0 Å². The summed E-state index contributed by atoms with van der Waals surface area (Å²) in [6.45, 7) is 4.87. The van der Waals surface area contributed by atoms with E-state index in [0.717, 1.165) is 6.42 Å². The fourth-order valence-corrected chi connectivity index (χ4v) is 1.51. The monoisotopic (exact) mass is 278 g/mol. The molecule has 0 aliphatic heterocycles. The van der Waals surface area contributed by atoms with Crippen molar-refractivity contribution in [2.24, 2.45) is 5.92 Å². The lowest BCUT2D eigenvalue weighted by molar-refractivity contribution is -0.118. The minimum absolute atomic E-state index is 0.0400. The molecule has 1 aromatic carbocycles. The number of ether oxygens (including phenoxy) is 1. The summed E-state index contributed by atoms with van der Waals surface area (Å²) in [5.41, 5.74) is 1.27. The summed E-state index contributed by atoms with van der Waals surface area (Å²) in [5, 5.41) is 5.59. The van der Waals surface area contributed by atoms with E-state index in [2.05, 4.69) is 10.6 Å². The van der Waals surface area contributed by atoms with Gasteiger partial charge in [-0.05, 0) is 30.7 Å². The van der Waals surface area contributed by atoms with Crippen molar-refractivity contribution in [1.29, 1.82) is 0 Å². The Hall–Kier alpha value is -1.88. The molecule has 5 nitrogen and oxygen atoms in total. The van der Waals surface area contributed by atoms with Crippen molar-refractivity contribution in [3.63, 3.8) is 0 Å². The van der Waals surface area contributed by atoms with Gasteiger partial charge in [0.05, 0.1) is 0 Å². The smallest absolute Gasteiger partial charge is 0.251 e. The maximum Gasteiger partial charge on any atom is 0.251 e. The second-order valence-corrected chi connectivity index (χ2v) is 4.82. The lowest BCUT2D eigenvalue weighted by atomic mass is 10.1. The molecule has 0 unspecified atom stereocenters. The third-order valence-corrected chi connectivity index (χ3v) is 2.75. The SMILES string of the molecule is COCCCNC(=O)c1ccc(NC(=O)C(C)C)cc1. The van der Waals surface area contributed by atoms with Crippen LogP contribution < -0.4 is 10.6 Å². The molecular weight excluding hydrogens is 256 g/mol. The van der Waals surface area contributed by atoms with Crippen LogP contribution in [0, 0.1) is 5.92 Å². The molecule has 0 saturated carbocycles. The van der Waals surface area contributed by atoms with Gasteiger partial charge in [0, 0.05) is 37.4 Å². The van der Waals surface area contributed by atoms with E-state index >= 15 is 0 Å². The van der Waals surface area contributed by atoms with Crippen LogP contribution >= 0.6 is 0 Å². The first-order valence-corrected chi connectivity index (χ1v) is 6.72. The molecule has 20 heavy (non-hydrogen) atoms. The van der Waals surface area contributed by atoms with Crippen molar-refractivity contribution in [3.8, 4) is 0 Å². The Labute approximate surface area is 119 Å². The normalized spacial score (nSPS) is 10.4. The first kappa shape index (κ1) is 16.2. The Balaban J connectivity index is 2.49. The molecule has 1 aromatic rings. The van der Waals surface area contributed by atoms with Crippen LogP contribution in [0.1, 0.15) is 30.6 Å². The third-order valence-electron chi connectivity index (χ3n) is 2.75. The van der Waals surface area contributed by atoms with Crippen LogP contribution in [0.4, 0.5) is 5.69 Å². The maximum atomic E-state index is 11.8. The average Bonchev–Trinajstić information content (AvgIpc) is 2.44. The molecule has 2 N–H and O–H groups in total. The first-order chi connectivity index (χ1) is 9.54. The second kappa shape index (κ2) is 8.32. The Morgan fingerprint density at radius 3 is 2.40 bits per heavy atom. The summed E-state index contributed by atoms with van der Waals surface area (Å²) in [5.74, 6) is -0.233. The first-order valence-electron chi connectivity index (χ1n) is 6.72. The minimum Gasteiger partial charge on any atom is -0.385 e. The van der Waals surface area contributed by atoms with Gasteiger partial charge < -0.3 is 15.4 Å². The highest BCUT2D eigenvalue weighted by atomic mass is 16.5. The Morgan fingerprint density at radius 1 is 1.20 bits per heavy atom. The molecule has 0 aliphatic rings. The molecule has 0 bridgehead atoms. The fraction of sp³-hybridized carbons (Fsp3) is 0.467. The van der Waals surface area contributed by atoms with Gasteiger partial charge in [0.2, 0.25) is 5.91 Å². The number of carbonyl (C=O) groups excluding carboxylic acids is 2. The van der Waals surface area contributed by atoms with Gasteiger partial charge in [-0.1, -0.05) is 13.8 Å². The van der Waals surface area contributed by atoms with E-state index in [0.29, 0.717) is 24.4 Å². The Kier molecular flexibility index (Phi) is 6.73. The Bertz CT molecular complexity index is 441. The second-order valence-electron chi connectivity index (χ2n) is 4.82. The van der Waals surface area contributed by atoms with Gasteiger partial charge in [-0.15, -0.1) is 0 Å². The van der Waals surface area contributed by atoms with Gasteiger partial charge in [-0.25, -0.2) is 0 Å². The number of amides is 2. The molecule has 5 heteroatoms. The number of rotatable bonds is 7. The van der Waals surface area contributed by atoms with Crippen LogP contribution in [-0.2, 0) is 9.53 Å². The lowest BCUT2D eigenvalue weighted by Crippen LogP contribution is -2.25. The highest BCUT2D eigenvalue weighted by Crippen LogP contribution is 2.11.